The van der Waals surface area contributed by atoms with Crippen molar-refractivity contribution >= 4 is 6.08 Å². The van der Waals surface area contributed by atoms with Crippen LogP contribution in [0.2, 0.25) is 0 Å². The molecule has 0 fully saturated rings. The van der Waals surface area contributed by atoms with Gasteiger partial charge in [0.05, 0.1) is 19.8 Å². The highest BCUT2D eigenvalue weighted by Gasteiger charge is 1.94. The number of allylic oxidation sites excluding steroid dienone is 1. The second kappa shape index (κ2) is 9.59. The Kier molecular flexibility index (Phi) is 7.94. The third-order valence-electron chi connectivity index (χ3n) is 2.48. The van der Waals surface area contributed by atoms with Gasteiger partial charge in [-0.3, -0.25) is 0 Å². The minimum atomic E-state index is 0.560. The Morgan fingerprint density at radius 2 is 1.68 bits per heavy atom. The van der Waals surface area contributed by atoms with Crippen LogP contribution in [-0.4, -0.2) is 33.5 Å². The van der Waals surface area contributed by atoms with Gasteiger partial charge < -0.3 is 14.2 Å². The number of benzene rings is 1. The van der Waals surface area contributed by atoms with Crippen molar-refractivity contribution in [2.24, 2.45) is 5.92 Å². The summed E-state index contributed by atoms with van der Waals surface area (Å²) in [5.41, 5.74) is 1.19. The first-order valence-corrected chi connectivity index (χ1v) is 6.70. The number of ether oxygens (including phenoxy) is 3. The quantitative estimate of drug-likeness (QED) is 0.640. The summed E-state index contributed by atoms with van der Waals surface area (Å²) >= 11 is 0. The van der Waals surface area contributed by atoms with Crippen LogP contribution in [0.4, 0.5) is 0 Å². The normalized spacial score (nSPS) is 11.4. The van der Waals surface area contributed by atoms with Crippen LogP contribution in [0.15, 0.2) is 30.3 Å². The summed E-state index contributed by atoms with van der Waals surface area (Å²) in [6, 6.07) is 8.07. The predicted octanol–water partition coefficient (Wildman–Crippen LogP) is 3.40. The molecule has 3 heteroatoms. The Morgan fingerprint density at radius 3 is 2.32 bits per heavy atom. The fourth-order valence-electron chi connectivity index (χ4n) is 1.44. The minimum absolute atomic E-state index is 0.560. The molecule has 0 spiro atoms. The van der Waals surface area contributed by atoms with Crippen molar-refractivity contribution in [3.05, 3.63) is 35.9 Å². The summed E-state index contributed by atoms with van der Waals surface area (Å²) in [5.74, 6) is 1.44. The van der Waals surface area contributed by atoms with Gasteiger partial charge in [-0.25, -0.2) is 0 Å². The summed E-state index contributed by atoms with van der Waals surface area (Å²) in [5, 5.41) is 0. The molecule has 0 N–H and O–H groups in total. The maximum absolute atomic E-state index is 5.58. The van der Waals surface area contributed by atoms with Crippen LogP contribution >= 0.6 is 0 Å². The molecule has 0 heterocycles. The van der Waals surface area contributed by atoms with Crippen molar-refractivity contribution in [3.8, 4) is 5.75 Å². The van der Waals surface area contributed by atoms with Gasteiger partial charge >= 0.3 is 0 Å². The Balaban J connectivity index is 2.24. The third-order valence-corrected chi connectivity index (χ3v) is 2.48. The first-order chi connectivity index (χ1) is 9.22. The summed E-state index contributed by atoms with van der Waals surface area (Å²) in [6.07, 6.45) is 4.31. The summed E-state index contributed by atoms with van der Waals surface area (Å²) < 4.78 is 15.8. The van der Waals surface area contributed by atoms with Gasteiger partial charge in [-0.15, -0.1) is 0 Å². The fourth-order valence-corrected chi connectivity index (χ4v) is 1.44. The lowest BCUT2D eigenvalue weighted by molar-refractivity contribution is 0.0544. The van der Waals surface area contributed by atoms with Crippen molar-refractivity contribution in [3.63, 3.8) is 0 Å². The number of hydrogen-bond donors (Lipinski definition) is 0. The molecule has 0 aliphatic carbocycles. The molecular weight excluding hydrogens is 240 g/mol. The van der Waals surface area contributed by atoms with Crippen molar-refractivity contribution < 1.29 is 14.2 Å². The van der Waals surface area contributed by atoms with Gasteiger partial charge in [0.15, 0.2) is 0 Å². The minimum Gasteiger partial charge on any atom is -0.491 e. The molecule has 0 amide bonds. The fraction of sp³-hybridized carbons (Fsp3) is 0.500. The van der Waals surface area contributed by atoms with Crippen LogP contribution in [0, 0.1) is 5.92 Å². The highest BCUT2D eigenvalue weighted by Crippen LogP contribution is 2.13. The van der Waals surface area contributed by atoms with E-state index in [2.05, 4.69) is 38.1 Å². The molecule has 1 rings (SSSR count). The number of rotatable bonds is 9. The van der Waals surface area contributed by atoms with Gasteiger partial charge in [-0.05, 0) is 23.6 Å². The van der Waals surface area contributed by atoms with E-state index in [1.165, 1.54) is 5.56 Å². The molecule has 0 aliphatic rings. The zero-order valence-corrected chi connectivity index (χ0v) is 12.1. The molecule has 0 aliphatic heterocycles. The summed E-state index contributed by atoms with van der Waals surface area (Å²) in [4.78, 5) is 0. The average molecular weight is 264 g/mol. The first kappa shape index (κ1) is 15.7. The monoisotopic (exact) mass is 264 g/mol. The Bertz CT molecular complexity index is 355. The largest absolute Gasteiger partial charge is 0.491 e. The maximum atomic E-state index is 5.58. The van der Waals surface area contributed by atoms with E-state index >= 15 is 0 Å². The Morgan fingerprint density at radius 1 is 1.00 bits per heavy atom. The Labute approximate surface area is 116 Å². The number of methoxy groups -OCH3 is 1. The molecule has 1 aromatic rings. The molecule has 0 saturated carbocycles. The molecule has 0 aromatic heterocycles. The van der Waals surface area contributed by atoms with Gasteiger partial charge in [0.2, 0.25) is 0 Å². The van der Waals surface area contributed by atoms with E-state index in [1.807, 2.05) is 12.1 Å². The standard InChI is InChI=1S/C16H24O3/c1-14(2)4-5-15-6-8-16(9-7-15)19-13-12-18-11-10-17-3/h4-9,14H,10-13H2,1-3H3/b5-4+. The van der Waals surface area contributed by atoms with Crippen molar-refractivity contribution in [2.75, 3.05) is 33.5 Å². The highest BCUT2D eigenvalue weighted by molar-refractivity contribution is 5.50. The molecule has 0 unspecified atom stereocenters. The van der Waals surface area contributed by atoms with Crippen LogP contribution in [0.25, 0.3) is 6.08 Å². The van der Waals surface area contributed by atoms with Gasteiger partial charge in [-0.1, -0.05) is 38.1 Å². The molecule has 0 atom stereocenters. The van der Waals surface area contributed by atoms with E-state index in [4.69, 9.17) is 14.2 Å². The molecule has 0 saturated heterocycles. The van der Waals surface area contributed by atoms with Gasteiger partial charge in [-0.2, -0.15) is 0 Å². The summed E-state index contributed by atoms with van der Waals surface area (Å²) in [7, 11) is 1.66. The van der Waals surface area contributed by atoms with E-state index < -0.39 is 0 Å². The SMILES string of the molecule is COCCOCCOc1ccc(/C=C/C(C)C)cc1. The second-order valence-corrected chi connectivity index (χ2v) is 4.63. The van der Waals surface area contributed by atoms with Crippen LogP contribution in [0.5, 0.6) is 5.75 Å². The molecule has 1 aromatic carbocycles. The van der Waals surface area contributed by atoms with Gasteiger partial charge in [0.1, 0.15) is 12.4 Å². The smallest absolute Gasteiger partial charge is 0.119 e. The first-order valence-electron chi connectivity index (χ1n) is 6.70. The highest BCUT2D eigenvalue weighted by atomic mass is 16.5. The summed E-state index contributed by atoms with van der Waals surface area (Å²) in [6.45, 7) is 6.70. The van der Waals surface area contributed by atoms with E-state index in [1.54, 1.807) is 7.11 Å². The zero-order chi connectivity index (χ0) is 13.9. The van der Waals surface area contributed by atoms with Crippen molar-refractivity contribution in [1.29, 1.82) is 0 Å². The molecule has 106 valence electrons. The van der Waals surface area contributed by atoms with Crippen LogP contribution in [-0.2, 0) is 9.47 Å². The van der Waals surface area contributed by atoms with Crippen molar-refractivity contribution in [2.45, 2.75) is 13.8 Å². The van der Waals surface area contributed by atoms with E-state index in [0.717, 1.165) is 5.75 Å². The van der Waals surface area contributed by atoms with E-state index in [0.29, 0.717) is 32.3 Å². The lowest BCUT2D eigenvalue weighted by Crippen LogP contribution is -2.09. The van der Waals surface area contributed by atoms with Crippen LogP contribution < -0.4 is 4.74 Å². The predicted molar refractivity (Wildman–Crippen MR) is 78.5 cm³/mol. The topological polar surface area (TPSA) is 27.7 Å². The maximum Gasteiger partial charge on any atom is 0.119 e. The van der Waals surface area contributed by atoms with E-state index in [-0.39, 0.29) is 0 Å². The van der Waals surface area contributed by atoms with E-state index in [9.17, 15) is 0 Å². The van der Waals surface area contributed by atoms with Crippen molar-refractivity contribution in [1.82, 2.24) is 0 Å². The molecular formula is C16H24O3. The van der Waals surface area contributed by atoms with Gasteiger partial charge in [0.25, 0.3) is 0 Å². The third kappa shape index (κ3) is 7.65. The lowest BCUT2D eigenvalue weighted by atomic mass is 10.1. The lowest BCUT2D eigenvalue weighted by Gasteiger charge is -2.07. The molecule has 0 bridgehead atoms. The number of hydrogen-bond acceptors (Lipinski definition) is 3. The molecule has 19 heavy (non-hydrogen) atoms. The molecule has 0 radical (unpaired) electrons. The average Bonchev–Trinajstić information content (AvgIpc) is 2.41. The van der Waals surface area contributed by atoms with Crippen LogP contribution in [0.1, 0.15) is 19.4 Å². The second-order valence-electron chi connectivity index (χ2n) is 4.63. The zero-order valence-electron chi connectivity index (χ0n) is 12.1. The van der Waals surface area contributed by atoms with Gasteiger partial charge in [0, 0.05) is 7.11 Å². The Hall–Kier alpha value is -1.32. The van der Waals surface area contributed by atoms with Crippen LogP contribution in [0.3, 0.4) is 0 Å². The molecule has 3 nitrogen and oxygen atoms in total.